The molecule has 1 aliphatic rings. The van der Waals surface area contributed by atoms with E-state index < -0.39 is 0 Å². The van der Waals surface area contributed by atoms with Crippen molar-refractivity contribution in [2.24, 2.45) is 0 Å². The fourth-order valence-electron chi connectivity index (χ4n) is 2.70. The summed E-state index contributed by atoms with van der Waals surface area (Å²) >= 11 is 0. The molecule has 3 rings (SSSR count). The summed E-state index contributed by atoms with van der Waals surface area (Å²) in [7, 11) is 0. The second kappa shape index (κ2) is 6.54. The number of nitrogens with zero attached hydrogens (tertiary/aromatic N) is 2. The number of nitrogens with one attached hydrogen (secondary N) is 2. The Morgan fingerprint density at radius 2 is 2.38 bits per heavy atom. The number of rotatable bonds is 5. The molecule has 1 aromatic heterocycles. The Morgan fingerprint density at radius 1 is 1.43 bits per heavy atom. The Kier molecular flexibility index (Phi) is 4.31. The molecule has 1 atom stereocenters. The molecule has 1 fully saturated rings. The topological polar surface area (TPSA) is 59.0 Å². The van der Waals surface area contributed by atoms with Crippen LogP contribution in [-0.4, -0.2) is 28.3 Å². The van der Waals surface area contributed by atoms with Crippen molar-refractivity contribution in [3.8, 4) is 0 Å². The second-order valence-corrected chi connectivity index (χ2v) is 5.45. The molecular weight excluding hydrogens is 264 g/mol. The Morgan fingerprint density at radius 3 is 3.14 bits per heavy atom. The fourth-order valence-corrected chi connectivity index (χ4v) is 2.70. The highest BCUT2D eigenvalue weighted by molar-refractivity contribution is 5.91. The number of carbonyl (C=O) groups is 1. The van der Waals surface area contributed by atoms with Crippen LogP contribution in [0.4, 0.5) is 5.69 Å². The van der Waals surface area contributed by atoms with Crippen LogP contribution in [0, 0.1) is 0 Å². The number of aromatic nitrogens is 2. The molecule has 0 bridgehead atoms. The van der Waals surface area contributed by atoms with Gasteiger partial charge in [-0.2, -0.15) is 5.10 Å². The summed E-state index contributed by atoms with van der Waals surface area (Å²) < 4.78 is 1.86. The van der Waals surface area contributed by atoms with Crippen LogP contribution in [0.2, 0.25) is 0 Å². The molecule has 5 nitrogen and oxygen atoms in total. The van der Waals surface area contributed by atoms with Crippen LogP contribution >= 0.6 is 0 Å². The molecule has 5 heteroatoms. The van der Waals surface area contributed by atoms with Gasteiger partial charge in [0.25, 0.3) is 0 Å². The maximum absolute atomic E-state index is 12.0. The summed E-state index contributed by atoms with van der Waals surface area (Å²) in [5.41, 5.74) is 1.97. The summed E-state index contributed by atoms with van der Waals surface area (Å²) in [5, 5.41) is 10.5. The van der Waals surface area contributed by atoms with Crippen molar-refractivity contribution in [1.29, 1.82) is 0 Å². The van der Waals surface area contributed by atoms with E-state index in [1.807, 2.05) is 41.2 Å². The van der Waals surface area contributed by atoms with Gasteiger partial charge < -0.3 is 10.6 Å². The van der Waals surface area contributed by atoms with Crippen molar-refractivity contribution < 1.29 is 4.79 Å². The van der Waals surface area contributed by atoms with Crippen molar-refractivity contribution >= 4 is 11.6 Å². The second-order valence-electron chi connectivity index (χ2n) is 5.45. The zero-order valence-corrected chi connectivity index (χ0v) is 12.0. The average Bonchev–Trinajstić information content (AvgIpc) is 3.12. The predicted molar refractivity (Wildman–Crippen MR) is 82.0 cm³/mol. The lowest BCUT2D eigenvalue weighted by Gasteiger charge is -2.11. The number of carbonyl (C=O) groups excluding carboxylic acids is 1. The minimum atomic E-state index is 0.0747. The molecule has 21 heavy (non-hydrogen) atoms. The van der Waals surface area contributed by atoms with Crippen molar-refractivity contribution in [3.05, 3.63) is 48.3 Å². The molecule has 0 saturated carbocycles. The van der Waals surface area contributed by atoms with E-state index >= 15 is 0 Å². The molecule has 0 aliphatic carbocycles. The van der Waals surface area contributed by atoms with Crippen LogP contribution in [0.3, 0.4) is 0 Å². The molecule has 1 aromatic carbocycles. The minimum absolute atomic E-state index is 0.0747. The largest absolute Gasteiger partial charge is 0.326 e. The first-order valence-electron chi connectivity index (χ1n) is 7.39. The van der Waals surface area contributed by atoms with Gasteiger partial charge in [-0.1, -0.05) is 12.1 Å². The van der Waals surface area contributed by atoms with Gasteiger partial charge in [0.15, 0.2) is 0 Å². The summed E-state index contributed by atoms with van der Waals surface area (Å²) in [6.45, 7) is 1.73. The SMILES string of the molecule is O=C(CC1CCCN1)Nc1cccc(Cn2cccn2)c1. The summed E-state index contributed by atoms with van der Waals surface area (Å²) in [5.74, 6) is 0.0747. The van der Waals surface area contributed by atoms with E-state index in [-0.39, 0.29) is 5.91 Å². The van der Waals surface area contributed by atoms with Crippen LogP contribution in [0.15, 0.2) is 42.7 Å². The molecule has 0 radical (unpaired) electrons. The highest BCUT2D eigenvalue weighted by Crippen LogP contribution is 2.14. The minimum Gasteiger partial charge on any atom is -0.326 e. The molecule has 2 aromatic rings. The molecule has 2 heterocycles. The predicted octanol–water partition coefficient (Wildman–Crippen LogP) is 2.01. The lowest BCUT2D eigenvalue weighted by Crippen LogP contribution is -2.27. The van der Waals surface area contributed by atoms with Crippen molar-refractivity contribution in [3.63, 3.8) is 0 Å². The zero-order chi connectivity index (χ0) is 14.5. The highest BCUT2D eigenvalue weighted by Gasteiger charge is 2.17. The average molecular weight is 284 g/mol. The number of anilines is 1. The third kappa shape index (κ3) is 3.92. The van der Waals surface area contributed by atoms with Gasteiger partial charge in [0.1, 0.15) is 0 Å². The first-order valence-corrected chi connectivity index (χ1v) is 7.39. The van der Waals surface area contributed by atoms with Crippen LogP contribution in [0.5, 0.6) is 0 Å². The van der Waals surface area contributed by atoms with Gasteiger partial charge >= 0.3 is 0 Å². The molecule has 1 aliphatic heterocycles. The standard InChI is InChI=1S/C16H20N4O/c21-16(11-14-6-2-7-17-14)19-15-5-1-4-13(10-15)12-20-9-3-8-18-20/h1,3-5,8-10,14,17H,2,6-7,11-12H2,(H,19,21). The van der Waals surface area contributed by atoms with Gasteiger partial charge in [0.05, 0.1) is 6.54 Å². The fraction of sp³-hybridized carbons (Fsp3) is 0.375. The van der Waals surface area contributed by atoms with Crippen LogP contribution in [-0.2, 0) is 11.3 Å². The van der Waals surface area contributed by atoms with Crippen LogP contribution in [0.25, 0.3) is 0 Å². The van der Waals surface area contributed by atoms with E-state index in [2.05, 4.69) is 15.7 Å². The van der Waals surface area contributed by atoms with E-state index in [0.717, 1.165) is 30.6 Å². The van der Waals surface area contributed by atoms with E-state index in [4.69, 9.17) is 0 Å². The first kappa shape index (κ1) is 13.8. The van der Waals surface area contributed by atoms with Crippen LogP contribution in [0.1, 0.15) is 24.8 Å². The van der Waals surface area contributed by atoms with Crippen LogP contribution < -0.4 is 10.6 Å². The molecule has 110 valence electrons. The normalized spacial score (nSPS) is 17.8. The van der Waals surface area contributed by atoms with Gasteiger partial charge in [0.2, 0.25) is 5.91 Å². The maximum atomic E-state index is 12.0. The monoisotopic (exact) mass is 284 g/mol. The van der Waals surface area contributed by atoms with Crippen molar-refractivity contribution in [2.45, 2.75) is 31.8 Å². The van der Waals surface area contributed by atoms with Crippen molar-refractivity contribution in [1.82, 2.24) is 15.1 Å². The Bertz CT molecular complexity index is 588. The molecule has 1 amide bonds. The van der Waals surface area contributed by atoms with Gasteiger partial charge in [-0.25, -0.2) is 0 Å². The molecule has 1 saturated heterocycles. The maximum Gasteiger partial charge on any atom is 0.225 e. The Labute approximate surface area is 124 Å². The molecule has 2 N–H and O–H groups in total. The van der Waals surface area contributed by atoms with Gasteiger partial charge in [-0.15, -0.1) is 0 Å². The molecule has 1 unspecified atom stereocenters. The number of benzene rings is 1. The van der Waals surface area contributed by atoms with E-state index in [0.29, 0.717) is 19.0 Å². The van der Waals surface area contributed by atoms with Gasteiger partial charge in [0, 0.05) is 30.5 Å². The van der Waals surface area contributed by atoms with Crippen molar-refractivity contribution in [2.75, 3.05) is 11.9 Å². The lowest BCUT2D eigenvalue weighted by atomic mass is 10.1. The van der Waals surface area contributed by atoms with Gasteiger partial charge in [-0.05, 0) is 43.1 Å². The zero-order valence-electron chi connectivity index (χ0n) is 12.0. The Balaban J connectivity index is 1.58. The smallest absolute Gasteiger partial charge is 0.225 e. The van der Waals surface area contributed by atoms with E-state index in [9.17, 15) is 4.79 Å². The molecule has 0 spiro atoms. The number of amides is 1. The van der Waals surface area contributed by atoms with E-state index in [1.54, 1.807) is 6.20 Å². The first-order chi connectivity index (χ1) is 10.3. The number of hydrogen-bond donors (Lipinski definition) is 2. The summed E-state index contributed by atoms with van der Waals surface area (Å²) in [6.07, 6.45) is 6.49. The Hall–Kier alpha value is -2.14. The summed E-state index contributed by atoms with van der Waals surface area (Å²) in [4.78, 5) is 12.0. The lowest BCUT2D eigenvalue weighted by molar-refractivity contribution is -0.116. The number of hydrogen-bond acceptors (Lipinski definition) is 3. The van der Waals surface area contributed by atoms with Gasteiger partial charge in [-0.3, -0.25) is 9.48 Å². The quantitative estimate of drug-likeness (QED) is 0.883. The highest BCUT2D eigenvalue weighted by atomic mass is 16.1. The third-order valence-corrected chi connectivity index (χ3v) is 3.71. The summed E-state index contributed by atoms with van der Waals surface area (Å²) in [6, 6.07) is 10.2. The molecular formula is C16H20N4O. The van der Waals surface area contributed by atoms with E-state index in [1.165, 1.54) is 0 Å². The third-order valence-electron chi connectivity index (χ3n) is 3.71.